The van der Waals surface area contributed by atoms with Crippen LogP contribution in [0, 0.1) is 0 Å². The second kappa shape index (κ2) is 9.65. The van der Waals surface area contributed by atoms with Crippen LogP contribution in [0.1, 0.15) is 22.2 Å². The van der Waals surface area contributed by atoms with Gasteiger partial charge in [-0.05, 0) is 39.6 Å². The smallest absolute Gasteiger partial charge is 0.309 e. The Morgan fingerprint density at radius 2 is 1.21 bits per heavy atom. The third-order valence-corrected chi connectivity index (χ3v) is 4.54. The highest BCUT2D eigenvalue weighted by Gasteiger charge is 2.03. The number of fused-ring (bicyclic) bond motifs is 2. The first-order valence-electron chi connectivity index (χ1n) is 10.9. The topological polar surface area (TPSA) is 43.4 Å². The van der Waals surface area contributed by atoms with Crippen molar-refractivity contribution < 1.29 is 18.4 Å². The molecule has 0 bridgehead atoms. The van der Waals surface area contributed by atoms with Crippen molar-refractivity contribution in [1.29, 1.82) is 0 Å². The average molecular weight is 390 g/mol. The summed E-state index contributed by atoms with van der Waals surface area (Å²) in [5.74, 6) is -0.537. The summed E-state index contributed by atoms with van der Waals surface area (Å²) in [5.41, 5.74) is 1.83. The minimum absolute atomic E-state index is 0.0385. The number of hydrogen-bond acceptors (Lipinski definition) is 3. The van der Waals surface area contributed by atoms with Crippen molar-refractivity contribution in [2.24, 2.45) is 0 Å². The van der Waals surface area contributed by atoms with Gasteiger partial charge in [0.2, 0.25) is 0 Å². The zero-order valence-corrected chi connectivity index (χ0v) is 16.2. The van der Waals surface area contributed by atoms with E-state index in [-0.39, 0.29) is 12.2 Å². The van der Waals surface area contributed by atoms with E-state index in [1.54, 1.807) is 13.0 Å². The summed E-state index contributed by atoms with van der Waals surface area (Å²) >= 11 is 0. The molecule has 0 spiro atoms. The number of esters is 1. The second-order valence-corrected chi connectivity index (χ2v) is 6.89. The molecule has 4 aromatic rings. The molecule has 0 heterocycles. The zero-order valence-electron chi connectivity index (χ0n) is 19.2. The first-order valence-corrected chi connectivity index (χ1v) is 9.36. The van der Waals surface area contributed by atoms with Gasteiger partial charge >= 0.3 is 5.97 Å². The Bertz CT molecular complexity index is 1250. The number of benzene rings is 4. The molecule has 0 aliphatic carbocycles. The van der Waals surface area contributed by atoms with Crippen LogP contribution >= 0.6 is 0 Å². The maximum absolute atomic E-state index is 11.4. The van der Waals surface area contributed by atoms with Crippen LogP contribution in [0.2, 0.25) is 0 Å². The number of methoxy groups -OCH3 is 1. The van der Waals surface area contributed by atoms with E-state index in [9.17, 15) is 9.59 Å². The van der Waals surface area contributed by atoms with Crippen LogP contribution in [0.3, 0.4) is 0 Å². The van der Waals surface area contributed by atoms with Gasteiger partial charge in [-0.25, -0.2) is 0 Å². The van der Waals surface area contributed by atoms with Gasteiger partial charge in [-0.1, -0.05) is 84.9 Å². The van der Waals surface area contributed by atoms with Gasteiger partial charge in [0.25, 0.3) is 0 Å². The summed E-state index contributed by atoms with van der Waals surface area (Å²) in [6.45, 7) is 1.62. The molecule has 0 aromatic heterocycles. The number of ketones is 1. The van der Waals surface area contributed by atoms with Crippen LogP contribution in [0.5, 0.6) is 0 Å². The predicted molar refractivity (Wildman–Crippen MR) is 118 cm³/mol. The van der Waals surface area contributed by atoms with Crippen molar-refractivity contribution in [3.05, 3.63) is 96.1 Å². The average Bonchev–Trinajstić information content (AvgIpc) is 2.72. The summed E-state index contributed by atoms with van der Waals surface area (Å²) < 4.78 is 24.9. The Kier molecular flexibility index (Phi) is 5.49. The standard InChI is InChI=1S/C13H12O2.C13H12O/c1-15-13(14)9-10-6-7-11-4-2-3-5-12(11)8-10;1-10(14)8-11-6-7-12-4-2-3-5-13(12)9-11/h2-8H,9H2,1H3;2-7,9H,8H2,1H3/i1T3;. The fourth-order valence-electron chi connectivity index (χ4n) is 3.19. The van der Waals surface area contributed by atoms with Crippen LogP contribution in [0.4, 0.5) is 0 Å². The molecule has 0 aliphatic heterocycles. The lowest BCUT2D eigenvalue weighted by Crippen LogP contribution is -2.04. The van der Waals surface area contributed by atoms with Gasteiger partial charge in [0.05, 0.1) is 17.6 Å². The molecular formula is C26H24O3. The van der Waals surface area contributed by atoms with E-state index in [2.05, 4.69) is 29.0 Å². The van der Waals surface area contributed by atoms with Crippen LogP contribution in [-0.2, 0) is 27.2 Å². The van der Waals surface area contributed by atoms with Gasteiger partial charge in [0.15, 0.2) is 0 Å². The number of Topliss-reactive ketones (excluding diaryl/α,β-unsaturated/α-hetero) is 1. The van der Waals surface area contributed by atoms with Gasteiger partial charge in [-0.2, -0.15) is 0 Å². The molecule has 3 nitrogen and oxygen atoms in total. The fraction of sp³-hybridized carbons (Fsp3) is 0.154. The molecule has 0 amide bonds. The van der Waals surface area contributed by atoms with E-state index < -0.39 is 13.0 Å². The minimum Gasteiger partial charge on any atom is -0.469 e. The first kappa shape index (κ1) is 16.5. The highest BCUT2D eigenvalue weighted by atomic mass is 16.5. The Morgan fingerprint density at radius 3 is 1.69 bits per heavy atom. The van der Waals surface area contributed by atoms with Crippen molar-refractivity contribution in [3.63, 3.8) is 0 Å². The molecule has 0 unspecified atom stereocenters. The SMILES string of the molecule is CC(=O)Cc1ccc2ccccc2c1.[3H]C([3H])([3H])OC(=O)Cc1ccc2ccccc2c1. The number of carbonyl (C=O) groups excluding carboxylic acids is 2. The molecule has 0 atom stereocenters. The highest BCUT2D eigenvalue weighted by Crippen LogP contribution is 2.17. The predicted octanol–water partition coefficient (Wildman–Crippen LogP) is 5.53. The minimum atomic E-state index is -2.67. The van der Waals surface area contributed by atoms with Crippen LogP contribution in [-0.4, -0.2) is 18.8 Å². The second-order valence-electron chi connectivity index (χ2n) is 6.89. The van der Waals surface area contributed by atoms with E-state index in [1.807, 2.05) is 54.6 Å². The molecule has 29 heavy (non-hydrogen) atoms. The molecule has 0 saturated carbocycles. The maximum atomic E-state index is 11.4. The van der Waals surface area contributed by atoms with E-state index in [4.69, 9.17) is 4.11 Å². The van der Waals surface area contributed by atoms with E-state index >= 15 is 0 Å². The quantitative estimate of drug-likeness (QED) is 0.431. The number of ether oxygens (including phenoxy) is 1. The lowest BCUT2D eigenvalue weighted by Gasteiger charge is -2.02. The Hall–Kier alpha value is -3.46. The summed E-state index contributed by atoms with van der Waals surface area (Å²) in [7, 11) is -2.67. The Balaban J connectivity index is 0.000000186. The Morgan fingerprint density at radius 1 is 0.724 bits per heavy atom. The lowest BCUT2D eigenvalue weighted by atomic mass is 10.0. The largest absolute Gasteiger partial charge is 0.469 e. The van der Waals surface area contributed by atoms with Crippen LogP contribution < -0.4 is 0 Å². The van der Waals surface area contributed by atoms with Crippen molar-refractivity contribution >= 4 is 33.3 Å². The third-order valence-electron chi connectivity index (χ3n) is 4.54. The summed E-state index contributed by atoms with van der Waals surface area (Å²) in [6, 6.07) is 27.6. The third kappa shape index (κ3) is 5.76. The molecule has 0 fully saturated rings. The van der Waals surface area contributed by atoms with Crippen molar-refractivity contribution in [2.75, 3.05) is 7.04 Å². The molecule has 0 aliphatic rings. The number of hydrogen-bond donors (Lipinski definition) is 0. The fourth-order valence-corrected chi connectivity index (χ4v) is 3.19. The van der Waals surface area contributed by atoms with Gasteiger partial charge in [-0.3, -0.25) is 9.59 Å². The first-order chi connectivity index (χ1) is 15.2. The molecule has 0 radical (unpaired) electrons. The molecule has 3 heteroatoms. The summed E-state index contributed by atoms with van der Waals surface area (Å²) in [5, 5.41) is 4.51. The molecular weight excluding hydrogens is 360 g/mol. The van der Waals surface area contributed by atoms with Gasteiger partial charge in [-0.15, -0.1) is 0 Å². The van der Waals surface area contributed by atoms with Gasteiger partial charge in [0.1, 0.15) is 5.78 Å². The molecule has 146 valence electrons. The van der Waals surface area contributed by atoms with Gasteiger partial charge in [0, 0.05) is 6.42 Å². The normalized spacial score (nSPS) is 12.2. The molecule has 0 N–H and O–H groups in total. The van der Waals surface area contributed by atoms with E-state index in [0.29, 0.717) is 6.42 Å². The van der Waals surface area contributed by atoms with Crippen LogP contribution in [0.15, 0.2) is 84.9 Å². The van der Waals surface area contributed by atoms with E-state index in [0.717, 1.165) is 21.9 Å². The number of carbonyl (C=O) groups is 2. The Labute approximate surface area is 175 Å². The molecule has 0 saturated heterocycles. The van der Waals surface area contributed by atoms with Crippen molar-refractivity contribution in [1.82, 2.24) is 0 Å². The van der Waals surface area contributed by atoms with Crippen molar-refractivity contribution in [3.8, 4) is 0 Å². The highest BCUT2D eigenvalue weighted by molar-refractivity contribution is 5.85. The van der Waals surface area contributed by atoms with Gasteiger partial charge < -0.3 is 4.74 Å². The van der Waals surface area contributed by atoms with Crippen molar-refractivity contribution in [2.45, 2.75) is 19.8 Å². The summed E-state index contributed by atoms with van der Waals surface area (Å²) in [4.78, 5) is 22.3. The molecule has 4 rings (SSSR count). The monoisotopic (exact) mass is 390 g/mol. The van der Waals surface area contributed by atoms with Crippen LogP contribution in [0.25, 0.3) is 21.5 Å². The number of rotatable bonds is 4. The summed E-state index contributed by atoms with van der Waals surface area (Å²) in [6.07, 6.45) is 0.494. The maximum Gasteiger partial charge on any atom is 0.309 e. The zero-order chi connectivity index (χ0) is 23.1. The van der Waals surface area contributed by atoms with E-state index in [1.165, 1.54) is 10.8 Å². The lowest BCUT2D eigenvalue weighted by molar-refractivity contribution is -0.139. The molecule has 4 aromatic carbocycles.